The molecule has 0 saturated carbocycles. The topological polar surface area (TPSA) is 42.9 Å². The standard InChI is InChI=1S/C20H33N5/c1-4-21-20(22-13-17-9-11-24(3)14-17)23-18-10-12-25(15-18)19-7-5-16(2)6-8-19/h5-8,17-18H,4,9-15H2,1-3H3,(H2,21,22,23). The molecule has 5 heteroatoms. The smallest absolute Gasteiger partial charge is 0.191 e. The highest BCUT2D eigenvalue weighted by Gasteiger charge is 2.24. The Morgan fingerprint density at radius 2 is 1.96 bits per heavy atom. The number of nitrogens with one attached hydrogen (secondary N) is 2. The van der Waals surface area contributed by atoms with E-state index in [9.17, 15) is 0 Å². The van der Waals surface area contributed by atoms with Gasteiger partial charge < -0.3 is 20.4 Å². The predicted octanol–water partition coefficient (Wildman–Crippen LogP) is 2.08. The zero-order valence-corrected chi connectivity index (χ0v) is 16.0. The van der Waals surface area contributed by atoms with Gasteiger partial charge in [-0.2, -0.15) is 0 Å². The van der Waals surface area contributed by atoms with Crippen LogP contribution in [0.25, 0.3) is 0 Å². The molecule has 2 fully saturated rings. The predicted molar refractivity (Wildman–Crippen MR) is 107 cm³/mol. The maximum Gasteiger partial charge on any atom is 0.191 e. The van der Waals surface area contributed by atoms with E-state index in [1.165, 1.54) is 30.8 Å². The van der Waals surface area contributed by atoms with E-state index in [-0.39, 0.29) is 0 Å². The van der Waals surface area contributed by atoms with Crippen LogP contribution in [0.4, 0.5) is 5.69 Å². The molecule has 0 radical (unpaired) electrons. The molecule has 2 saturated heterocycles. The number of hydrogen-bond acceptors (Lipinski definition) is 3. The average Bonchev–Trinajstić information content (AvgIpc) is 3.23. The van der Waals surface area contributed by atoms with E-state index in [4.69, 9.17) is 4.99 Å². The zero-order chi connectivity index (χ0) is 17.6. The Labute approximate surface area is 152 Å². The van der Waals surface area contributed by atoms with E-state index in [1.54, 1.807) is 0 Å². The molecular weight excluding hydrogens is 310 g/mol. The fourth-order valence-corrected chi connectivity index (χ4v) is 3.78. The lowest BCUT2D eigenvalue weighted by atomic mass is 10.1. The summed E-state index contributed by atoms with van der Waals surface area (Å²) in [6.45, 7) is 10.6. The maximum atomic E-state index is 4.85. The fourth-order valence-electron chi connectivity index (χ4n) is 3.78. The van der Waals surface area contributed by atoms with Gasteiger partial charge in [0.15, 0.2) is 5.96 Å². The molecule has 0 aliphatic carbocycles. The third kappa shape index (κ3) is 5.11. The first-order valence-corrected chi connectivity index (χ1v) is 9.69. The molecule has 2 atom stereocenters. The quantitative estimate of drug-likeness (QED) is 0.635. The molecule has 138 valence electrons. The molecule has 2 aliphatic rings. The van der Waals surface area contributed by atoms with Gasteiger partial charge in [-0.15, -0.1) is 0 Å². The van der Waals surface area contributed by atoms with Gasteiger partial charge in [0.25, 0.3) is 0 Å². The van der Waals surface area contributed by atoms with Crippen molar-refractivity contribution in [2.24, 2.45) is 10.9 Å². The number of guanidine groups is 1. The lowest BCUT2D eigenvalue weighted by molar-refractivity contribution is 0.397. The van der Waals surface area contributed by atoms with Crippen molar-refractivity contribution in [2.75, 3.05) is 51.2 Å². The van der Waals surface area contributed by atoms with Crippen molar-refractivity contribution >= 4 is 11.6 Å². The Kier molecular flexibility index (Phi) is 6.19. The molecule has 1 aromatic carbocycles. The number of hydrogen-bond donors (Lipinski definition) is 2. The van der Waals surface area contributed by atoms with Crippen molar-refractivity contribution in [1.29, 1.82) is 0 Å². The Balaban J connectivity index is 1.52. The van der Waals surface area contributed by atoms with Crippen LogP contribution in [0, 0.1) is 12.8 Å². The fraction of sp³-hybridized carbons (Fsp3) is 0.650. The largest absolute Gasteiger partial charge is 0.369 e. The highest BCUT2D eigenvalue weighted by Crippen LogP contribution is 2.20. The van der Waals surface area contributed by atoms with Crippen molar-refractivity contribution in [3.05, 3.63) is 29.8 Å². The van der Waals surface area contributed by atoms with Crippen LogP contribution < -0.4 is 15.5 Å². The molecule has 2 heterocycles. The second kappa shape index (κ2) is 8.56. The molecule has 2 unspecified atom stereocenters. The Morgan fingerprint density at radius 1 is 1.16 bits per heavy atom. The van der Waals surface area contributed by atoms with E-state index in [0.29, 0.717) is 12.0 Å². The summed E-state index contributed by atoms with van der Waals surface area (Å²) >= 11 is 0. The van der Waals surface area contributed by atoms with Gasteiger partial charge in [-0.05, 0) is 58.3 Å². The summed E-state index contributed by atoms with van der Waals surface area (Å²) in [6.07, 6.45) is 2.43. The van der Waals surface area contributed by atoms with Crippen LogP contribution in [0.5, 0.6) is 0 Å². The highest BCUT2D eigenvalue weighted by molar-refractivity contribution is 5.80. The van der Waals surface area contributed by atoms with Crippen LogP contribution in [0.15, 0.2) is 29.3 Å². The summed E-state index contributed by atoms with van der Waals surface area (Å²) in [7, 11) is 2.20. The number of aliphatic imine (C=N–C) groups is 1. The van der Waals surface area contributed by atoms with Crippen molar-refractivity contribution < 1.29 is 0 Å². The molecule has 0 spiro atoms. The summed E-state index contributed by atoms with van der Waals surface area (Å²) < 4.78 is 0. The van der Waals surface area contributed by atoms with E-state index in [2.05, 4.69) is 65.6 Å². The molecule has 2 aliphatic heterocycles. The summed E-state index contributed by atoms with van der Waals surface area (Å²) in [4.78, 5) is 9.72. The number of rotatable bonds is 5. The molecule has 0 bridgehead atoms. The van der Waals surface area contributed by atoms with Gasteiger partial charge in [0.05, 0.1) is 0 Å². The highest BCUT2D eigenvalue weighted by atomic mass is 15.2. The average molecular weight is 344 g/mol. The molecule has 5 nitrogen and oxygen atoms in total. The van der Waals surface area contributed by atoms with Crippen LogP contribution in [-0.4, -0.2) is 63.2 Å². The third-order valence-electron chi connectivity index (χ3n) is 5.27. The monoisotopic (exact) mass is 343 g/mol. The van der Waals surface area contributed by atoms with Gasteiger partial charge in [-0.25, -0.2) is 0 Å². The van der Waals surface area contributed by atoms with Crippen LogP contribution in [0.1, 0.15) is 25.3 Å². The third-order valence-corrected chi connectivity index (χ3v) is 5.27. The molecule has 0 aromatic heterocycles. The normalized spacial score (nSPS) is 24.8. The zero-order valence-electron chi connectivity index (χ0n) is 16.0. The van der Waals surface area contributed by atoms with Crippen LogP contribution in [0.3, 0.4) is 0 Å². The number of likely N-dealkylation sites (tertiary alicyclic amines) is 1. The summed E-state index contributed by atoms with van der Waals surface area (Å²) in [5.41, 5.74) is 2.64. The minimum Gasteiger partial charge on any atom is -0.369 e. The van der Waals surface area contributed by atoms with Gasteiger partial charge in [0.2, 0.25) is 0 Å². The van der Waals surface area contributed by atoms with Gasteiger partial charge >= 0.3 is 0 Å². The molecule has 2 N–H and O–H groups in total. The van der Waals surface area contributed by atoms with Crippen LogP contribution in [-0.2, 0) is 0 Å². The van der Waals surface area contributed by atoms with Crippen molar-refractivity contribution in [3.63, 3.8) is 0 Å². The Bertz CT molecular complexity index is 568. The second-order valence-corrected chi connectivity index (χ2v) is 7.55. The summed E-state index contributed by atoms with van der Waals surface area (Å²) in [6, 6.07) is 9.31. The lowest BCUT2D eigenvalue weighted by Gasteiger charge is -2.21. The first kappa shape index (κ1) is 18.1. The number of aryl methyl sites for hydroxylation is 1. The van der Waals surface area contributed by atoms with E-state index in [1.807, 2.05) is 0 Å². The first-order valence-electron chi connectivity index (χ1n) is 9.69. The van der Waals surface area contributed by atoms with Crippen molar-refractivity contribution in [1.82, 2.24) is 15.5 Å². The SMILES string of the molecule is CCNC(=NCC1CCN(C)C1)NC1CCN(c2ccc(C)cc2)C1. The minimum absolute atomic E-state index is 0.463. The van der Waals surface area contributed by atoms with E-state index < -0.39 is 0 Å². The van der Waals surface area contributed by atoms with E-state index in [0.717, 1.165) is 38.6 Å². The molecule has 0 amide bonds. The lowest BCUT2D eigenvalue weighted by Crippen LogP contribution is -2.44. The number of benzene rings is 1. The molecule has 3 rings (SSSR count). The second-order valence-electron chi connectivity index (χ2n) is 7.55. The molecule has 1 aromatic rings. The summed E-state index contributed by atoms with van der Waals surface area (Å²) in [5, 5.41) is 7.06. The van der Waals surface area contributed by atoms with Gasteiger partial charge in [-0.3, -0.25) is 4.99 Å². The maximum absolute atomic E-state index is 4.85. The van der Waals surface area contributed by atoms with Gasteiger partial charge in [-0.1, -0.05) is 17.7 Å². The minimum atomic E-state index is 0.463. The Morgan fingerprint density at radius 3 is 2.64 bits per heavy atom. The van der Waals surface area contributed by atoms with E-state index >= 15 is 0 Å². The first-order chi connectivity index (χ1) is 12.1. The number of anilines is 1. The van der Waals surface area contributed by atoms with Gasteiger partial charge in [0.1, 0.15) is 0 Å². The number of nitrogens with zero attached hydrogens (tertiary/aromatic N) is 3. The van der Waals surface area contributed by atoms with Crippen LogP contribution >= 0.6 is 0 Å². The molecular formula is C20H33N5. The van der Waals surface area contributed by atoms with Crippen molar-refractivity contribution in [3.8, 4) is 0 Å². The van der Waals surface area contributed by atoms with Gasteiger partial charge in [0, 0.05) is 44.5 Å². The van der Waals surface area contributed by atoms with Crippen molar-refractivity contribution in [2.45, 2.75) is 32.7 Å². The molecule has 25 heavy (non-hydrogen) atoms. The Hall–Kier alpha value is -1.75. The van der Waals surface area contributed by atoms with Crippen LogP contribution in [0.2, 0.25) is 0 Å². The summed E-state index contributed by atoms with van der Waals surface area (Å²) in [5.74, 6) is 1.68.